The highest BCUT2D eigenvalue weighted by molar-refractivity contribution is 7.14. The summed E-state index contributed by atoms with van der Waals surface area (Å²) < 4.78 is 39.1. The Balaban J connectivity index is 1.53. The van der Waals surface area contributed by atoms with E-state index in [2.05, 4.69) is 10.3 Å². The standard InChI is InChI=1S/C22H14ClF3N2S/c23-19-11-10-17(12-18(19)22(24,25)26)27-21-28-20(13-29-21)16-8-6-15(7-9-16)14-4-2-1-3-5-14/h1-13H,(H,27,28). The molecule has 0 amide bonds. The van der Waals surface area contributed by atoms with Gasteiger partial charge in [0.1, 0.15) is 0 Å². The summed E-state index contributed by atoms with van der Waals surface area (Å²) in [5, 5.41) is 4.95. The number of rotatable bonds is 4. The summed E-state index contributed by atoms with van der Waals surface area (Å²) >= 11 is 6.99. The van der Waals surface area contributed by atoms with Crippen LogP contribution >= 0.6 is 22.9 Å². The van der Waals surface area contributed by atoms with Gasteiger partial charge in [0.05, 0.1) is 16.3 Å². The minimum absolute atomic E-state index is 0.280. The number of halogens is 4. The van der Waals surface area contributed by atoms with Crippen LogP contribution in [-0.4, -0.2) is 4.98 Å². The van der Waals surface area contributed by atoms with Gasteiger partial charge in [-0.15, -0.1) is 11.3 Å². The second kappa shape index (κ2) is 7.89. The van der Waals surface area contributed by atoms with Crippen molar-refractivity contribution in [3.8, 4) is 22.4 Å². The van der Waals surface area contributed by atoms with Crippen LogP contribution in [0.25, 0.3) is 22.4 Å². The van der Waals surface area contributed by atoms with Gasteiger partial charge in [-0.1, -0.05) is 66.2 Å². The Kier molecular flexibility index (Phi) is 5.30. The maximum atomic E-state index is 13.0. The Morgan fingerprint density at radius 3 is 2.17 bits per heavy atom. The van der Waals surface area contributed by atoms with Gasteiger partial charge in [0.15, 0.2) is 5.13 Å². The first-order valence-electron chi connectivity index (χ1n) is 8.65. The fourth-order valence-corrected chi connectivity index (χ4v) is 3.84. The smallest absolute Gasteiger partial charge is 0.332 e. The van der Waals surface area contributed by atoms with E-state index in [1.165, 1.54) is 23.5 Å². The van der Waals surface area contributed by atoms with Gasteiger partial charge >= 0.3 is 6.18 Å². The minimum atomic E-state index is -4.51. The van der Waals surface area contributed by atoms with Gasteiger partial charge in [-0.3, -0.25) is 0 Å². The Morgan fingerprint density at radius 2 is 1.48 bits per heavy atom. The van der Waals surface area contributed by atoms with Crippen molar-refractivity contribution in [2.75, 3.05) is 5.32 Å². The van der Waals surface area contributed by atoms with Crippen molar-refractivity contribution >= 4 is 33.8 Å². The molecular formula is C22H14ClF3N2S. The molecule has 0 bridgehead atoms. The van der Waals surface area contributed by atoms with Crippen molar-refractivity contribution in [3.05, 3.63) is 88.8 Å². The minimum Gasteiger partial charge on any atom is -0.332 e. The Morgan fingerprint density at radius 1 is 0.828 bits per heavy atom. The molecule has 1 aromatic heterocycles. The van der Waals surface area contributed by atoms with E-state index >= 15 is 0 Å². The van der Waals surface area contributed by atoms with Crippen molar-refractivity contribution < 1.29 is 13.2 Å². The summed E-state index contributed by atoms with van der Waals surface area (Å²) in [6.45, 7) is 0. The maximum absolute atomic E-state index is 13.0. The third-order valence-electron chi connectivity index (χ3n) is 4.32. The molecule has 7 heteroatoms. The van der Waals surface area contributed by atoms with Gasteiger partial charge < -0.3 is 5.32 Å². The van der Waals surface area contributed by atoms with Crippen LogP contribution in [-0.2, 0) is 6.18 Å². The number of anilines is 2. The average molecular weight is 431 g/mol. The predicted molar refractivity (Wildman–Crippen MR) is 113 cm³/mol. The van der Waals surface area contributed by atoms with Crippen molar-refractivity contribution in [3.63, 3.8) is 0 Å². The molecule has 1 N–H and O–H groups in total. The second-order valence-electron chi connectivity index (χ2n) is 6.30. The number of aromatic nitrogens is 1. The monoisotopic (exact) mass is 430 g/mol. The first-order valence-corrected chi connectivity index (χ1v) is 9.91. The van der Waals surface area contributed by atoms with Crippen LogP contribution in [0.4, 0.5) is 24.0 Å². The Hall–Kier alpha value is -2.83. The van der Waals surface area contributed by atoms with Crippen LogP contribution in [0.5, 0.6) is 0 Å². The summed E-state index contributed by atoms with van der Waals surface area (Å²) in [6, 6.07) is 21.7. The van der Waals surface area contributed by atoms with Gasteiger partial charge in [-0.2, -0.15) is 13.2 Å². The van der Waals surface area contributed by atoms with E-state index in [1.54, 1.807) is 0 Å². The highest BCUT2D eigenvalue weighted by atomic mass is 35.5. The predicted octanol–water partition coefficient (Wildman–Crippen LogP) is 7.89. The van der Waals surface area contributed by atoms with Crippen LogP contribution in [0.1, 0.15) is 5.56 Å². The third-order valence-corrected chi connectivity index (χ3v) is 5.40. The largest absolute Gasteiger partial charge is 0.417 e. The van der Waals surface area contributed by atoms with Crippen molar-refractivity contribution in [1.29, 1.82) is 0 Å². The molecule has 0 atom stereocenters. The molecule has 0 radical (unpaired) electrons. The van der Waals surface area contributed by atoms with Gasteiger partial charge in [0.25, 0.3) is 0 Å². The molecule has 3 aromatic carbocycles. The number of hydrogen-bond acceptors (Lipinski definition) is 3. The van der Waals surface area contributed by atoms with Gasteiger partial charge in [0.2, 0.25) is 0 Å². The number of hydrogen-bond donors (Lipinski definition) is 1. The van der Waals surface area contributed by atoms with E-state index in [4.69, 9.17) is 11.6 Å². The number of nitrogens with one attached hydrogen (secondary N) is 1. The summed E-state index contributed by atoms with van der Waals surface area (Å²) in [6.07, 6.45) is -4.51. The molecule has 0 aliphatic heterocycles. The number of nitrogens with zero attached hydrogens (tertiary/aromatic N) is 1. The quantitative estimate of drug-likeness (QED) is 0.356. The zero-order valence-electron chi connectivity index (χ0n) is 14.9. The summed E-state index contributed by atoms with van der Waals surface area (Å²) in [7, 11) is 0. The van der Waals surface area contributed by atoms with Gasteiger partial charge in [0, 0.05) is 16.6 Å². The molecule has 0 aliphatic carbocycles. The molecule has 4 aromatic rings. The molecule has 4 rings (SSSR count). The normalized spacial score (nSPS) is 11.4. The number of thiazole rings is 1. The molecular weight excluding hydrogens is 417 g/mol. The molecule has 1 heterocycles. The van der Waals surface area contributed by atoms with Crippen molar-refractivity contribution in [1.82, 2.24) is 4.98 Å². The molecule has 29 heavy (non-hydrogen) atoms. The van der Waals surface area contributed by atoms with E-state index in [0.717, 1.165) is 28.5 Å². The summed E-state index contributed by atoms with van der Waals surface area (Å²) in [5.41, 5.74) is 3.31. The Labute approximate surface area is 174 Å². The van der Waals surface area contributed by atoms with Crippen LogP contribution < -0.4 is 5.32 Å². The molecule has 0 saturated carbocycles. The van der Waals surface area contributed by atoms with Crippen LogP contribution in [0.15, 0.2) is 78.2 Å². The number of benzene rings is 3. The lowest BCUT2D eigenvalue weighted by Gasteiger charge is -2.11. The zero-order valence-corrected chi connectivity index (χ0v) is 16.4. The summed E-state index contributed by atoms with van der Waals surface area (Å²) in [4.78, 5) is 4.49. The highest BCUT2D eigenvalue weighted by Crippen LogP contribution is 2.37. The zero-order chi connectivity index (χ0) is 20.4. The molecule has 0 spiro atoms. The van der Waals surface area contributed by atoms with E-state index < -0.39 is 11.7 Å². The lowest BCUT2D eigenvalue weighted by atomic mass is 10.0. The second-order valence-corrected chi connectivity index (χ2v) is 7.56. The lowest BCUT2D eigenvalue weighted by molar-refractivity contribution is -0.137. The Bertz CT molecular complexity index is 1120. The van der Waals surface area contributed by atoms with Gasteiger partial charge in [-0.05, 0) is 29.3 Å². The first kappa shape index (κ1) is 19.5. The first-order chi connectivity index (χ1) is 13.9. The van der Waals surface area contributed by atoms with E-state index in [0.29, 0.717) is 5.13 Å². The van der Waals surface area contributed by atoms with E-state index in [-0.39, 0.29) is 10.7 Å². The van der Waals surface area contributed by atoms with Crippen LogP contribution in [0.2, 0.25) is 5.02 Å². The molecule has 0 unspecified atom stereocenters. The molecule has 0 fully saturated rings. The third kappa shape index (κ3) is 4.44. The molecule has 0 aliphatic rings. The van der Waals surface area contributed by atoms with Gasteiger partial charge in [-0.25, -0.2) is 4.98 Å². The molecule has 0 saturated heterocycles. The highest BCUT2D eigenvalue weighted by Gasteiger charge is 2.33. The average Bonchev–Trinajstić information content (AvgIpc) is 3.18. The molecule has 146 valence electrons. The maximum Gasteiger partial charge on any atom is 0.417 e. The van der Waals surface area contributed by atoms with E-state index in [9.17, 15) is 13.2 Å². The van der Waals surface area contributed by atoms with E-state index in [1.807, 2.05) is 60.0 Å². The fraction of sp³-hybridized carbons (Fsp3) is 0.0455. The van der Waals surface area contributed by atoms with Crippen molar-refractivity contribution in [2.45, 2.75) is 6.18 Å². The SMILES string of the molecule is FC(F)(F)c1cc(Nc2nc(-c3ccc(-c4ccccc4)cc3)cs2)ccc1Cl. The molecule has 2 nitrogen and oxygen atoms in total. The van der Waals surface area contributed by atoms with Crippen LogP contribution in [0.3, 0.4) is 0 Å². The van der Waals surface area contributed by atoms with Crippen LogP contribution in [0, 0.1) is 0 Å². The fourth-order valence-electron chi connectivity index (χ4n) is 2.87. The summed E-state index contributed by atoms with van der Waals surface area (Å²) in [5.74, 6) is 0. The number of alkyl halides is 3. The topological polar surface area (TPSA) is 24.9 Å². The van der Waals surface area contributed by atoms with Crippen molar-refractivity contribution in [2.24, 2.45) is 0 Å². The lowest BCUT2D eigenvalue weighted by Crippen LogP contribution is -2.06.